The van der Waals surface area contributed by atoms with E-state index in [1.54, 1.807) is 0 Å². The van der Waals surface area contributed by atoms with Crippen LogP contribution >= 0.6 is 23.7 Å². The fourth-order valence-corrected chi connectivity index (χ4v) is 0. The second-order valence-electron chi connectivity index (χ2n) is 0.0583. The van der Waals surface area contributed by atoms with Crippen molar-refractivity contribution >= 4 is 42.6 Å². The molecular formula is H2Cl2LiO2. The first-order valence-electron chi connectivity index (χ1n) is 0.309. The fourth-order valence-electron chi connectivity index (χ4n) is 0. The van der Waals surface area contributed by atoms with Crippen LogP contribution in [0.2, 0.25) is 0 Å². The molecule has 0 unspecified atom stereocenters. The third-order valence-electron chi connectivity index (χ3n) is 0. The molecule has 0 aliphatic heterocycles. The van der Waals surface area contributed by atoms with E-state index in [0.717, 1.165) is 0 Å². The van der Waals surface area contributed by atoms with Crippen LogP contribution in [-0.2, 0) is 3.84 Å². The molecule has 0 fully saturated rings. The second-order valence-corrected chi connectivity index (χ2v) is 0.525. The maximum atomic E-state index is 4.26. The standard InChI is InChI=1S/Cl2O.Li.H2O/c1-3-2;;/h;;1H2. The second kappa shape index (κ2) is 19.5. The van der Waals surface area contributed by atoms with Crippen LogP contribution in [0.4, 0.5) is 0 Å². The Bertz CT molecular complexity index is 7.61. The third kappa shape index (κ3) is 40.6. The minimum absolute atomic E-state index is 0. The van der Waals surface area contributed by atoms with E-state index < -0.39 is 0 Å². The topological polar surface area (TPSA) is 40.7 Å². The van der Waals surface area contributed by atoms with Gasteiger partial charge in [0.2, 0.25) is 0 Å². The van der Waals surface area contributed by atoms with Crippen molar-refractivity contribution in [2.24, 2.45) is 0 Å². The molecule has 0 aromatic carbocycles. The van der Waals surface area contributed by atoms with E-state index in [0.29, 0.717) is 0 Å². The van der Waals surface area contributed by atoms with Gasteiger partial charge >= 0.3 is 0 Å². The quantitative estimate of drug-likeness (QED) is 0.409. The molecule has 0 heterocycles. The number of rotatable bonds is 0. The molecule has 0 spiro atoms. The zero-order valence-electron chi connectivity index (χ0n) is 2.66. The van der Waals surface area contributed by atoms with Crippen molar-refractivity contribution in [3.05, 3.63) is 0 Å². The normalized spacial score (nSPS) is 3.60. The summed E-state index contributed by atoms with van der Waals surface area (Å²) in [5.41, 5.74) is 0. The van der Waals surface area contributed by atoms with Gasteiger partial charge in [-0.25, -0.2) is 0 Å². The monoisotopic (exact) mass is 111 g/mol. The summed E-state index contributed by atoms with van der Waals surface area (Å²) in [7, 11) is 0. The predicted molar refractivity (Wildman–Crippen MR) is 22.2 cm³/mol. The van der Waals surface area contributed by atoms with E-state index in [4.69, 9.17) is 0 Å². The molecule has 0 aromatic rings. The maximum Gasteiger partial charge on any atom is 0.0832 e. The van der Waals surface area contributed by atoms with Crippen LogP contribution in [0, 0.1) is 0 Å². The molecule has 2 nitrogen and oxygen atoms in total. The van der Waals surface area contributed by atoms with Gasteiger partial charge in [-0.3, -0.25) is 0 Å². The molecule has 0 bridgehead atoms. The van der Waals surface area contributed by atoms with Gasteiger partial charge in [-0.1, -0.05) is 0 Å². The van der Waals surface area contributed by atoms with Crippen LogP contribution in [0.5, 0.6) is 0 Å². The van der Waals surface area contributed by atoms with E-state index in [1.807, 2.05) is 0 Å². The molecule has 5 heteroatoms. The van der Waals surface area contributed by atoms with Gasteiger partial charge in [0.05, 0.1) is 23.7 Å². The average molecular weight is 112 g/mol. The molecule has 0 saturated carbocycles. The summed E-state index contributed by atoms with van der Waals surface area (Å²) >= 11 is 8.53. The summed E-state index contributed by atoms with van der Waals surface area (Å²) in [4.78, 5) is 0. The van der Waals surface area contributed by atoms with Crippen LogP contribution in [-0.4, -0.2) is 24.3 Å². The van der Waals surface area contributed by atoms with Crippen LogP contribution in [0.1, 0.15) is 0 Å². The van der Waals surface area contributed by atoms with Crippen molar-refractivity contribution in [1.29, 1.82) is 0 Å². The van der Waals surface area contributed by atoms with Gasteiger partial charge < -0.3 is 5.48 Å². The van der Waals surface area contributed by atoms with Crippen molar-refractivity contribution in [1.82, 2.24) is 0 Å². The van der Waals surface area contributed by atoms with Gasteiger partial charge in [0.1, 0.15) is 0 Å². The summed E-state index contributed by atoms with van der Waals surface area (Å²) in [6.45, 7) is 0. The molecule has 2 N–H and O–H groups in total. The average Bonchev–Trinajstić information content (AvgIpc) is 0.918. The Morgan fingerprint density at radius 3 is 1.20 bits per heavy atom. The Morgan fingerprint density at radius 1 is 1.20 bits per heavy atom. The first-order valence-corrected chi connectivity index (χ1v) is 0.926. The van der Waals surface area contributed by atoms with Crippen LogP contribution < -0.4 is 0 Å². The molecule has 0 amide bonds. The van der Waals surface area contributed by atoms with Crippen LogP contribution in [0.15, 0.2) is 0 Å². The van der Waals surface area contributed by atoms with Crippen molar-refractivity contribution in [3.63, 3.8) is 0 Å². The first kappa shape index (κ1) is 16.5. The van der Waals surface area contributed by atoms with Gasteiger partial charge in [-0.2, -0.15) is 3.84 Å². The molecule has 0 saturated heterocycles. The van der Waals surface area contributed by atoms with Gasteiger partial charge in [0, 0.05) is 18.9 Å². The number of hydrogen-bond donors (Lipinski definition) is 0. The van der Waals surface area contributed by atoms with Gasteiger partial charge in [0.15, 0.2) is 0 Å². The van der Waals surface area contributed by atoms with Gasteiger partial charge in [0.25, 0.3) is 0 Å². The minimum Gasteiger partial charge on any atom is -0.412 e. The summed E-state index contributed by atoms with van der Waals surface area (Å²) in [5.74, 6) is 0. The zero-order chi connectivity index (χ0) is 2.71. The molecule has 0 rings (SSSR count). The first-order chi connectivity index (χ1) is 1.41. The zero-order valence-corrected chi connectivity index (χ0v) is 4.18. The molecule has 0 aliphatic carbocycles. The Morgan fingerprint density at radius 2 is 1.20 bits per heavy atom. The Kier molecular flexibility index (Phi) is 64.3. The van der Waals surface area contributed by atoms with Crippen molar-refractivity contribution in [2.75, 3.05) is 0 Å². The fraction of sp³-hybridized carbons (Fsp3) is 0. The summed E-state index contributed by atoms with van der Waals surface area (Å²) in [6.07, 6.45) is 0. The van der Waals surface area contributed by atoms with E-state index in [-0.39, 0.29) is 24.3 Å². The molecular weight excluding hydrogens is 110 g/mol. The smallest absolute Gasteiger partial charge is 0.0832 e. The van der Waals surface area contributed by atoms with E-state index >= 15 is 0 Å². The van der Waals surface area contributed by atoms with E-state index in [9.17, 15) is 0 Å². The summed E-state index contributed by atoms with van der Waals surface area (Å²) < 4.78 is 3.19. The summed E-state index contributed by atoms with van der Waals surface area (Å²) in [6, 6.07) is 0. The van der Waals surface area contributed by atoms with Gasteiger partial charge in [-0.05, 0) is 0 Å². The summed E-state index contributed by atoms with van der Waals surface area (Å²) in [5, 5.41) is 0. The van der Waals surface area contributed by atoms with Crippen molar-refractivity contribution < 1.29 is 9.32 Å². The predicted octanol–water partition coefficient (Wildman–Crippen LogP) is 0.105. The maximum absolute atomic E-state index is 4.26. The van der Waals surface area contributed by atoms with E-state index in [1.165, 1.54) is 0 Å². The van der Waals surface area contributed by atoms with Crippen molar-refractivity contribution in [3.8, 4) is 0 Å². The largest absolute Gasteiger partial charge is 0.412 e. The third-order valence-corrected chi connectivity index (χ3v) is 0. The minimum atomic E-state index is 0. The van der Waals surface area contributed by atoms with Crippen molar-refractivity contribution in [2.45, 2.75) is 0 Å². The molecule has 1 radical (unpaired) electrons. The number of hydrogen-bond acceptors (Lipinski definition) is 1. The molecule has 5 heavy (non-hydrogen) atoms. The Hall–Kier alpha value is 1.10. The van der Waals surface area contributed by atoms with Crippen LogP contribution in [0.25, 0.3) is 0 Å². The molecule has 0 aliphatic rings. The molecule has 0 atom stereocenters. The Labute approximate surface area is 52.2 Å². The van der Waals surface area contributed by atoms with Crippen LogP contribution in [0.3, 0.4) is 0 Å². The molecule has 0 aromatic heterocycles. The number of halogens is 2. The van der Waals surface area contributed by atoms with E-state index in [2.05, 4.69) is 27.6 Å². The SMILES string of the molecule is ClOCl.O.[Li]. The van der Waals surface area contributed by atoms with Gasteiger partial charge in [-0.15, -0.1) is 0 Å². The Balaban J connectivity index is -0.0000000200. The molecule has 29 valence electrons.